The van der Waals surface area contributed by atoms with Gasteiger partial charge in [-0.05, 0) is 37.1 Å². The molecule has 130 valence electrons. The van der Waals surface area contributed by atoms with Gasteiger partial charge in [0.2, 0.25) is 0 Å². The molecule has 0 unspecified atom stereocenters. The molecule has 4 nitrogen and oxygen atoms in total. The monoisotopic (exact) mass is 359 g/mol. The molecule has 0 saturated heterocycles. The van der Waals surface area contributed by atoms with E-state index in [4.69, 9.17) is 4.74 Å². The second-order valence-corrected chi connectivity index (χ2v) is 6.80. The van der Waals surface area contributed by atoms with E-state index in [1.807, 2.05) is 13.0 Å². The Morgan fingerprint density at radius 3 is 2.72 bits per heavy atom. The fourth-order valence-electron chi connectivity index (χ4n) is 2.50. The molecule has 1 aromatic carbocycles. The minimum atomic E-state index is -0.618. The number of halogens is 1. The predicted octanol–water partition coefficient (Wildman–Crippen LogP) is 5.07. The molecule has 0 saturated carbocycles. The molecule has 3 rings (SSSR count). The molecule has 3 aromatic rings. The summed E-state index contributed by atoms with van der Waals surface area (Å²) < 4.78 is 18.8. The van der Waals surface area contributed by atoms with Gasteiger partial charge in [-0.25, -0.2) is 14.2 Å². The lowest BCUT2D eigenvalue weighted by Crippen LogP contribution is -2.09. The van der Waals surface area contributed by atoms with Crippen molar-refractivity contribution in [2.24, 2.45) is 0 Å². The first-order valence-corrected chi connectivity index (χ1v) is 8.89. The topological polar surface area (TPSA) is 59.4 Å². The van der Waals surface area contributed by atoms with Crippen LogP contribution in [0.1, 0.15) is 35.9 Å². The number of hydrogen-bond acceptors (Lipinski definition) is 5. The zero-order valence-corrected chi connectivity index (χ0v) is 14.8. The van der Waals surface area contributed by atoms with Gasteiger partial charge < -0.3 is 9.84 Å². The maximum Gasteiger partial charge on any atom is 0.360 e. The van der Waals surface area contributed by atoms with Gasteiger partial charge in [-0.2, -0.15) is 0 Å². The van der Waals surface area contributed by atoms with Crippen molar-refractivity contribution in [2.75, 3.05) is 6.61 Å². The third-order valence-corrected chi connectivity index (χ3v) is 5.08. The van der Waals surface area contributed by atoms with Gasteiger partial charge in [0, 0.05) is 16.0 Å². The average molecular weight is 359 g/mol. The van der Waals surface area contributed by atoms with Crippen molar-refractivity contribution in [3.8, 4) is 16.2 Å². The third-order valence-electron chi connectivity index (χ3n) is 3.89. The highest BCUT2D eigenvalue weighted by molar-refractivity contribution is 7.22. The first-order chi connectivity index (χ1) is 12.0. The molecule has 2 heterocycles. The van der Waals surface area contributed by atoms with E-state index < -0.39 is 5.97 Å². The normalized spacial score (nSPS) is 11.0. The lowest BCUT2D eigenvalue weighted by Gasteiger charge is -2.07. The molecule has 0 aliphatic carbocycles. The van der Waals surface area contributed by atoms with Crippen LogP contribution >= 0.6 is 11.3 Å². The van der Waals surface area contributed by atoms with E-state index in [1.54, 1.807) is 19.1 Å². The number of rotatable bonds is 5. The highest BCUT2D eigenvalue weighted by Gasteiger charge is 2.21. The van der Waals surface area contributed by atoms with Crippen LogP contribution in [-0.2, 0) is 4.74 Å². The summed E-state index contributed by atoms with van der Waals surface area (Å²) in [6, 6.07) is 8.03. The molecule has 25 heavy (non-hydrogen) atoms. The number of aromatic hydroxyl groups is 1. The summed E-state index contributed by atoms with van der Waals surface area (Å²) >= 11 is 1.34. The predicted molar refractivity (Wildman–Crippen MR) is 96.6 cm³/mol. The quantitative estimate of drug-likeness (QED) is 0.510. The van der Waals surface area contributed by atoms with Crippen molar-refractivity contribution in [2.45, 2.75) is 26.7 Å². The van der Waals surface area contributed by atoms with Gasteiger partial charge in [0.05, 0.1) is 11.3 Å². The van der Waals surface area contributed by atoms with E-state index >= 15 is 0 Å². The second-order valence-electron chi connectivity index (χ2n) is 5.74. The first-order valence-electron chi connectivity index (χ1n) is 8.07. The van der Waals surface area contributed by atoms with Crippen molar-refractivity contribution in [3.05, 3.63) is 47.5 Å². The average Bonchev–Trinajstić information content (AvgIpc) is 3.05. The van der Waals surface area contributed by atoms with E-state index in [0.29, 0.717) is 17.0 Å². The summed E-state index contributed by atoms with van der Waals surface area (Å²) in [4.78, 5) is 17.3. The smallest absolute Gasteiger partial charge is 0.360 e. The standard InChI is InChI=1S/C19H18FNO3S/c1-3-4-9-24-19(23)16-17(22)18-14(11(2)21-16)10-15(25-18)12-5-7-13(20)8-6-12/h5-8,10,22H,3-4,9H2,1-2H3. The Balaban J connectivity index is 2.01. The van der Waals surface area contributed by atoms with E-state index in [1.165, 1.54) is 23.5 Å². The van der Waals surface area contributed by atoms with Crippen molar-refractivity contribution < 1.29 is 19.0 Å². The van der Waals surface area contributed by atoms with E-state index in [0.717, 1.165) is 28.7 Å². The molecule has 1 N–H and O–H groups in total. The molecule has 0 bridgehead atoms. The van der Waals surface area contributed by atoms with Crippen LogP contribution in [0.3, 0.4) is 0 Å². The summed E-state index contributed by atoms with van der Waals surface area (Å²) in [6.07, 6.45) is 1.68. The molecule has 0 atom stereocenters. The summed E-state index contributed by atoms with van der Waals surface area (Å²) in [5, 5.41) is 11.3. The second kappa shape index (κ2) is 7.19. The highest BCUT2D eigenvalue weighted by Crippen LogP contribution is 2.40. The third kappa shape index (κ3) is 3.49. The zero-order valence-electron chi connectivity index (χ0n) is 14.0. The molecular formula is C19H18FNO3S. The summed E-state index contributed by atoms with van der Waals surface area (Å²) in [5.41, 5.74) is 1.42. The van der Waals surface area contributed by atoms with Crippen molar-refractivity contribution in [1.82, 2.24) is 4.98 Å². The van der Waals surface area contributed by atoms with Gasteiger partial charge in [-0.3, -0.25) is 0 Å². The fourth-order valence-corrected chi connectivity index (χ4v) is 3.66. The largest absolute Gasteiger partial charge is 0.504 e. The van der Waals surface area contributed by atoms with Gasteiger partial charge in [0.1, 0.15) is 5.82 Å². The number of nitrogens with zero attached hydrogens (tertiary/aromatic N) is 1. The Labute approximate surface area is 148 Å². The Bertz CT molecular complexity index is 919. The molecule has 0 aliphatic heterocycles. The van der Waals surface area contributed by atoms with Gasteiger partial charge in [-0.15, -0.1) is 11.3 Å². The number of hydrogen-bond donors (Lipinski definition) is 1. The molecule has 2 aromatic heterocycles. The number of aromatic nitrogens is 1. The molecule has 0 fully saturated rings. The molecule has 6 heteroatoms. The Hall–Kier alpha value is -2.47. The SMILES string of the molecule is CCCCOC(=O)c1nc(C)c2cc(-c3ccc(F)cc3)sc2c1O. The van der Waals surface area contributed by atoms with Crippen LogP contribution in [0.4, 0.5) is 4.39 Å². The molecule has 0 aliphatic rings. The van der Waals surface area contributed by atoms with Crippen LogP contribution in [0.2, 0.25) is 0 Å². The van der Waals surface area contributed by atoms with E-state index in [-0.39, 0.29) is 17.3 Å². The molecule has 0 amide bonds. The van der Waals surface area contributed by atoms with Gasteiger partial charge in [0.25, 0.3) is 0 Å². The van der Waals surface area contributed by atoms with Crippen LogP contribution in [0.15, 0.2) is 30.3 Å². The van der Waals surface area contributed by atoms with Crippen LogP contribution in [-0.4, -0.2) is 22.7 Å². The molecule has 0 spiro atoms. The lowest BCUT2D eigenvalue weighted by atomic mass is 10.1. The minimum absolute atomic E-state index is 0.0615. The number of carbonyl (C=O) groups is 1. The zero-order chi connectivity index (χ0) is 18.0. The lowest BCUT2D eigenvalue weighted by molar-refractivity contribution is 0.0489. The number of ether oxygens (including phenoxy) is 1. The fraction of sp³-hybridized carbons (Fsp3) is 0.263. The highest BCUT2D eigenvalue weighted by atomic mass is 32.1. The summed E-state index contributed by atoms with van der Waals surface area (Å²) in [5.74, 6) is -1.09. The first kappa shape index (κ1) is 17.4. The van der Waals surface area contributed by atoms with Crippen molar-refractivity contribution in [1.29, 1.82) is 0 Å². The number of unbranched alkanes of at least 4 members (excludes halogenated alkanes) is 1. The Morgan fingerprint density at radius 2 is 2.04 bits per heavy atom. The van der Waals surface area contributed by atoms with Crippen molar-refractivity contribution >= 4 is 27.4 Å². The van der Waals surface area contributed by atoms with E-state index in [9.17, 15) is 14.3 Å². The van der Waals surface area contributed by atoms with Gasteiger partial charge in [0.15, 0.2) is 11.4 Å². The van der Waals surface area contributed by atoms with Gasteiger partial charge >= 0.3 is 5.97 Å². The number of benzene rings is 1. The summed E-state index contributed by atoms with van der Waals surface area (Å²) in [6.45, 7) is 4.09. The molecular weight excluding hydrogens is 341 g/mol. The molecule has 0 radical (unpaired) electrons. The number of aryl methyl sites for hydroxylation is 1. The summed E-state index contributed by atoms with van der Waals surface area (Å²) in [7, 11) is 0. The van der Waals surface area contributed by atoms with Gasteiger partial charge in [-0.1, -0.05) is 25.5 Å². The number of fused-ring (bicyclic) bond motifs is 1. The number of esters is 1. The minimum Gasteiger partial charge on any atom is -0.504 e. The maximum absolute atomic E-state index is 13.1. The Morgan fingerprint density at radius 1 is 1.32 bits per heavy atom. The van der Waals surface area contributed by atoms with Crippen LogP contribution in [0.5, 0.6) is 5.75 Å². The van der Waals surface area contributed by atoms with Crippen LogP contribution < -0.4 is 0 Å². The number of pyridine rings is 1. The Kier molecular flexibility index (Phi) is 4.99. The van der Waals surface area contributed by atoms with Crippen LogP contribution in [0, 0.1) is 12.7 Å². The number of thiophene rings is 1. The van der Waals surface area contributed by atoms with E-state index in [2.05, 4.69) is 4.98 Å². The van der Waals surface area contributed by atoms with Crippen LogP contribution in [0.25, 0.3) is 20.5 Å². The number of carbonyl (C=O) groups excluding carboxylic acids is 1. The maximum atomic E-state index is 13.1. The van der Waals surface area contributed by atoms with Crippen molar-refractivity contribution in [3.63, 3.8) is 0 Å².